The van der Waals surface area contributed by atoms with Crippen molar-refractivity contribution in [3.63, 3.8) is 0 Å². The van der Waals surface area contributed by atoms with Crippen LogP contribution in [0.4, 0.5) is 11.4 Å². The van der Waals surface area contributed by atoms with Crippen LogP contribution in [0.15, 0.2) is 35.7 Å². The Kier molecular flexibility index (Phi) is 5.85. The highest BCUT2D eigenvalue weighted by molar-refractivity contribution is 7.10. The van der Waals surface area contributed by atoms with Gasteiger partial charge in [0.2, 0.25) is 0 Å². The van der Waals surface area contributed by atoms with Crippen LogP contribution < -0.4 is 15.5 Å². The summed E-state index contributed by atoms with van der Waals surface area (Å²) in [4.78, 5) is 25.2. The fourth-order valence-corrected chi connectivity index (χ4v) is 4.25. The molecule has 0 spiro atoms. The molecule has 1 aromatic heterocycles. The van der Waals surface area contributed by atoms with Gasteiger partial charge in [-0.2, -0.15) is 0 Å². The molecule has 7 nitrogen and oxygen atoms in total. The predicted octanol–water partition coefficient (Wildman–Crippen LogP) is 1.39. The maximum absolute atomic E-state index is 12.2. The SMILES string of the molecule is C[C@@H]1c2ccsc2CC[NH+]1CC(=O)NCCNc1ccc([N+](=O)[O-])cc1. The number of anilines is 1. The molecule has 0 radical (unpaired) electrons. The summed E-state index contributed by atoms with van der Waals surface area (Å²) in [6, 6.07) is 8.78. The smallest absolute Gasteiger partial charge is 0.275 e. The van der Waals surface area contributed by atoms with Crippen molar-refractivity contribution in [2.45, 2.75) is 19.4 Å². The summed E-state index contributed by atoms with van der Waals surface area (Å²) in [6.07, 6.45) is 1.04. The van der Waals surface area contributed by atoms with Gasteiger partial charge in [-0.1, -0.05) is 0 Å². The molecule has 1 amide bonds. The van der Waals surface area contributed by atoms with Crippen molar-refractivity contribution in [3.8, 4) is 0 Å². The van der Waals surface area contributed by atoms with Crippen LogP contribution in [-0.2, 0) is 11.2 Å². The van der Waals surface area contributed by atoms with E-state index in [1.165, 1.54) is 27.5 Å². The molecule has 1 aliphatic heterocycles. The van der Waals surface area contributed by atoms with Crippen LogP contribution in [-0.4, -0.2) is 37.0 Å². The summed E-state index contributed by atoms with van der Waals surface area (Å²) < 4.78 is 0. The zero-order valence-electron chi connectivity index (χ0n) is 14.7. The van der Waals surface area contributed by atoms with Crippen molar-refractivity contribution in [2.75, 3.05) is 31.5 Å². The van der Waals surface area contributed by atoms with E-state index >= 15 is 0 Å². The van der Waals surface area contributed by atoms with Gasteiger partial charge in [0, 0.05) is 47.8 Å². The van der Waals surface area contributed by atoms with E-state index in [0.717, 1.165) is 18.7 Å². The Balaban J connectivity index is 1.39. The monoisotopic (exact) mass is 375 g/mol. The Labute approximate surface area is 156 Å². The van der Waals surface area contributed by atoms with Gasteiger partial charge in [0.1, 0.15) is 6.04 Å². The summed E-state index contributed by atoms with van der Waals surface area (Å²) in [6.45, 7) is 4.74. The van der Waals surface area contributed by atoms with E-state index in [0.29, 0.717) is 25.7 Å². The molecule has 138 valence electrons. The van der Waals surface area contributed by atoms with E-state index < -0.39 is 4.92 Å². The first kappa shape index (κ1) is 18.3. The van der Waals surface area contributed by atoms with E-state index in [-0.39, 0.29) is 11.6 Å². The highest BCUT2D eigenvalue weighted by Crippen LogP contribution is 2.24. The molecule has 0 saturated carbocycles. The van der Waals surface area contributed by atoms with Gasteiger partial charge in [-0.3, -0.25) is 14.9 Å². The highest BCUT2D eigenvalue weighted by atomic mass is 32.1. The number of quaternary nitrogens is 1. The number of non-ortho nitro benzene ring substituents is 1. The normalized spacial score (nSPS) is 18.8. The highest BCUT2D eigenvalue weighted by Gasteiger charge is 2.29. The fourth-order valence-electron chi connectivity index (χ4n) is 3.27. The molecular formula is C18H23N4O3S+. The van der Waals surface area contributed by atoms with Crippen molar-refractivity contribution in [3.05, 3.63) is 56.3 Å². The Morgan fingerprint density at radius 3 is 2.81 bits per heavy atom. The summed E-state index contributed by atoms with van der Waals surface area (Å²) in [5.41, 5.74) is 2.24. The number of nitro benzene ring substituents is 1. The third-order valence-electron chi connectivity index (χ3n) is 4.77. The molecule has 8 heteroatoms. The quantitative estimate of drug-likeness (QED) is 0.388. The van der Waals surface area contributed by atoms with Gasteiger partial charge in [-0.25, -0.2) is 0 Å². The minimum absolute atomic E-state index is 0.0519. The number of thiophene rings is 1. The number of carbonyl (C=O) groups is 1. The number of amides is 1. The zero-order valence-corrected chi connectivity index (χ0v) is 15.5. The van der Waals surface area contributed by atoms with Gasteiger partial charge in [-0.05, 0) is 30.5 Å². The number of carbonyl (C=O) groups excluding carboxylic acids is 1. The van der Waals surface area contributed by atoms with Crippen molar-refractivity contribution in [1.82, 2.24) is 5.32 Å². The lowest BCUT2D eigenvalue weighted by Gasteiger charge is -2.29. The molecule has 1 aliphatic rings. The lowest BCUT2D eigenvalue weighted by atomic mass is 10.0. The Morgan fingerprint density at radius 1 is 1.31 bits per heavy atom. The molecule has 1 aromatic carbocycles. The van der Waals surface area contributed by atoms with Gasteiger partial charge in [-0.15, -0.1) is 11.3 Å². The molecule has 0 fully saturated rings. The third kappa shape index (κ3) is 4.39. The minimum atomic E-state index is -0.424. The van der Waals surface area contributed by atoms with Gasteiger partial charge < -0.3 is 15.5 Å². The summed E-state index contributed by atoms with van der Waals surface area (Å²) in [7, 11) is 0. The molecule has 2 aromatic rings. The van der Waals surface area contributed by atoms with Gasteiger partial charge in [0.05, 0.1) is 11.5 Å². The molecule has 0 saturated heterocycles. The maximum atomic E-state index is 12.2. The lowest BCUT2D eigenvalue weighted by molar-refractivity contribution is -0.924. The average Bonchev–Trinajstić information content (AvgIpc) is 3.11. The Hall–Kier alpha value is -2.45. The zero-order chi connectivity index (χ0) is 18.5. The van der Waals surface area contributed by atoms with E-state index in [1.807, 2.05) is 11.3 Å². The molecular weight excluding hydrogens is 352 g/mol. The number of benzene rings is 1. The topological polar surface area (TPSA) is 88.7 Å². The van der Waals surface area contributed by atoms with E-state index in [1.54, 1.807) is 12.1 Å². The van der Waals surface area contributed by atoms with Crippen molar-refractivity contribution in [1.29, 1.82) is 0 Å². The van der Waals surface area contributed by atoms with E-state index in [4.69, 9.17) is 0 Å². The van der Waals surface area contributed by atoms with Crippen LogP contribution >= 0.6 is 11.3 Å². The molecule has 0 aliphatic carbocycles. The standard InChI is InChI=1S/C18H22N4O3S/c1-13-16-7-11-26-17(16)6-10-21(13)12-18(23)20-9-8-19-14-2-4-15(5-3-14)22(24)25/h2-5,7,11,13,19H,6,8-10,12H2,1H3,(H,20,23)/p+1/t13-/m1/s1. The van der Waals surface area contributed by atoms with Crippen molar-refractivity contribution >= 4 is 28.6 Å². The number of hydrogen-bond donors (Lipinski definition) is 3. The van der Waals surface area contributed by atoms with Gasteiger partial charge in [0.15, 0.2) is 6.54 Å². The molecule has 0 bridgehead atoms. The molecule has 3 rings (SSSR count). The summed E-state index contributed by atoms with van der Waals surface area (Å²) in [5.74, 6) is 0.0519. The van der Waals surface area contributed by atoms with Crippen molar-refractivity contribution < 1.29 is 14.6 Å². The largest absolute Gasteiger partial charge is 0.383 e. The van der Waals surface area contributed by atoms with Crippen LogP contribution in [0.5, 0.6) is 0 Å². The number of nitrogens with zero attached hydrogens (tertiary/aromatic N) is 1. The minimum Gasteiger partial charge on any atom is -0.383 e. The van der Waals surface area contributed by atoms with Crippen molar-refractivity contribution in [2.24, 2.45) is 0 Å². The summed E-state index contributed by atoms with van der Waals surface area (Å²) >= 11 is 1.81. The molecule has 2 heterocycles. The maximum Gasteiger partial charge on any atom is 0.275 e. The van der Waals surface area contributed by atoms with Crippen LogP contribution in [0.25, 0.3) is 0 Å². The average molecular weight is 375 g/mol. The van der Waals surface area contributed by atoms with Crippen LogP contribution in [0.3, 0.4) is 0 Å². The van der Waals surface area contributed by atoms with E-state index in [9.17, 15) is 14.9 Å². The second-order valence-corrected chi connectivity index (χ2v) is 7.44. The van der Waals surface area contributed by atoms with Gasteiger partial charge in [0.25, 0.3) is 11.6 Å². The first-order valence-corrected chi connectivity index (χ1v) is 9.58. The molecule has 3 N–H and O–H groups in total. The molecule has 2 atom stereocenters. The Bertz CT molecular complexity index is 775. The molecule has 1 unspecified atom stereocenters. The summed E-state index contributed by atoms with van der Waals surface area (Å²) in [5, 5.41) is 18.8. The van der Waals surface area contributed by atoms with Crippen LogP contribution in [0, 0.1) is 10.1 Å². The Morgan fingerprint density at radius 2 is 2.08 bits per heavy atom. The second-order valence-electron chi connectivity index (χ2n) is 6.44. The number of hydrogen-bond acceptors (Lipinski definition) is 5. The first-order chi connectivity index (χ1) is 12.5. The van der Waals surface area contributed by atoms with Crippen LogP contribution in [0.1, 0.15) is 23.4 Å². The molecule has 26 heavy (non-hydrogen) atoms. The first-order valence-electron chi connectivity index (χ1n) is 8.70. The fraction of sp³-hybridized carbons (Fsp3) is 0.389. The predicted molar refractivity (Wildman–Crippen MR) is 102 cm³/mol. The second kappa shape index (κ2) is 8.29. The van der Waals surface area contributed by atoms with Crippen LogP contribution in [0.2, 0.25) is 0 Å². The van der Waals surface area contributed by atoms with Gasteiger partial charge >= 0.3 is 0 Å². The number of nitrogens with one attached hydrogen (secondary N) is 3. The third-order valence-corrected chi connectivity index (χ3v) is 5.77. The van der Waals surface area contributed by atoms with E-state index in [2.05, 4.69) is 29.0 Å². The number of fused-ring (bicyclic) bond motifs is 1. The lowest BCUT2D eigenvalue weighted by Crippen LogP contribution is -3.14. The number of nitro groups is 1. The number of rotatable bonds is 7.